The van der Waals surface area contributed by atoms with Gasteiger partial charge in [0.1, 0.15) is 5.75 Å². The Bertz CT molecular complexity index is 726. The number of halogens is 3. The number of likely N-dealkylation sites (tertiary alicyclic amines) is 1. The number of carbonyl (C=O) groups is 1. The van der Waals surface area contributed by atoms with Crippen LogP contribution in [0.5, 0.6) is 5.75 Å². The first-order valence-electron chi connectivity index (χ1n) is 7.66. The first-order valence-corrected chi connectivity index (χ1v) is 7.66. The Hall–Kier alpha value is -2.19. The minimum Gasteiger partial charge on any atom is -0.435 e. The topological polar surface area (TPSA) is 84.2 Å². The summed E-state index contributed by atoms with van der Waals surface area (Å²) in [5.74, 6) is 0.196. The molecule has 1 atom stereocenters. The number of aromatic amines is 1. The van der Waals surface area contributed by atoms with Gasteiger partial charge in [-0.25, -0.2) is 0 Å². The maximum Gasteiger partial charge on any atom is 0.387 e. The Balaban J connectivity index is 0.00000225. The van der Waals surface area contributed by atoms with E-state index >= 15 is 0 Å². The van der Waals surface area contributed by atoms with Gasteiger partial charge in [-0.05, 0) is 31.0 Å². The average Bonchev–Trinajstić information content (AvgIpc) is 3.23. The molecule has 1 unspecified atom stereocenters. The lowest BCUT2D eigenvalue weighted by molar-refractivity contribution is -0.0498. The summed E-state index contributed by atoms with van der Waals surface area (Å²) >= 11 is 0. The maximum absolute atomic E-state index is 12.7. The zero-order valence-corrected chi connectivity index (χ0v) is 14.1. The van der Waals surface area contributed by atoms with Crippen molar-refractivity contribution in [2.75, 3.05) is 19.6 Å². The van der Waals surface area contributed by atoms with E-state index in [1.807, 2.05) is 0 Å². The van der Waals surface area contributed by atoms with Gasteiger partial charge in [-0.3, -0.25) is 9.89 Å². The number of amides is 1. The molecule has 3 rings (SSSR count). The van der Waals surface area contributed by atoms with E-state index in [1.165, 1.54) is 18.3 Å². The summed E-state index contributed by atoms with van der Waals surface area (Å²) in [5, 5.41) is 6.70. The van der Waals surface area contributed by atoms with Crippen molar-refractivity contribution in [3.63, 3.8) is 0 Å². The molecule has 1 aromatic carbocycles. The van der Waals surface area contributed by atoms with E-state index in [9.17, 15) is 13.6 Å². The maximum atomic E-state index is 12.7. The van der Waals surface area contributed by atoms with Crippen molar-refractivity contribution in [2.45, 2.75) is 13.0 Å². The van der Waals surface area contributed by atoms with Gasteiger partial charge in [0.2, 0.25) is 0 Å². The molecule has 2 aromatic rings. The molecular weight excluding hydrogens is 354 g/mol. The van der Waals surface area contributed by atoms with Gasteiger partial charge >= 0.3 is 6.61 Å². The van der Waals surface area contributed by atoms with Crippen LogP contribution >= 0.6 is 12.4 Å². The number of H-pyrrole nitrogens is 1. The van der Waals surface area contributed by atoms with Crippen molar-refractivity contribution >= 4 is 18.3 Å². The Labute approximate surface area is 149 Å². The minimum atomic E-state index is -2.90. The molecule has 1 aliphatic heterocycles. The normalized spacial score (nSPS) is 16.8. The van der Waals surface area contributed by atoms with E-state index in [-0.39, 0.29) is 24.1 Å². The number of rotatable bonds is 5. The molecule has 25 heavy (non-hydrogen) atoms. The van der Waals surface area contributed by atoms with Crippen LogP contribution in [0.3, 0.4) is 0 Å². The summed E-state index contributed by atoms with van der Waals surface area (Å²) in [6.07, 6.45) is 2.33. The number of nitrogens with zero attached hydrogens (tertiary/aromatic N) is 2. The molecule has 9 heteroatoms. The second-order valence-corrected chi connectivity index (χ2v) is 5.71. The second kappa shape index (κ2) is 8.26. The number of ether oxygens (including phenoxy) is 1. The summed E-state index contributed by atoms with van der Waals surface area (Å²) in [6.45, 7) is -1.08. The molecular formula is C16H19ClF2N4O2. The van der Waals surface area contributed by atoms with Crippen LogP contribution in [0.1, 0.15) is 16.8 Å². The molecule has 2 heterocycles. The quantitative estimate of drug-likeness (QED) is 0.844. The number of hydrogen-bond acceptors (Lipinski definition) is 4. The standard InChI is InChI=1S/C16H18F2N4O2.ClH/c17-16(18)24-12-3-1-2-11(6-12)14-13(8-20-21-14)15(23)22-5-4-10(7-19)9-22;/h1-3,6,8,10,16H,4-5,7,9,19H2,(H,20,21);1H. The molecule has 3 N–H and O–H groups in total. The number of hydrogen-bond donors (Lipinski definition) is 2. The van der Waals surface area contributed by atoms with E-state index in [2.05, 4.69) is 14.9 Å². The molecule has 0 spiro atoms. The van der Waals surface area contributed by atoms with Crippen LogP contribution in [0.15, 0.2) is 30.5 Å². The van der Waals surface area contributed by atoms with E-state index in [0.717, 1.165) is 6.42 Å². The van der Waals surface area contributed by atoms with Crippen molar-refractivity contribution in [2.24, 2.45) is 11.7 Å². The number of nitrogens with two attached hydrogens (primary N) is 1. The van der Waals surface area contributed by atoms with Crippen molar-refractivity contribution in [3.05, 3.63) is 36.0 Å². The van der Waals surface area contributed by atoms with Crippen LogP contribution in [-0.2, 0) is 0 Å². The Morgan fingerprint density at radius 3 is 2.96 bits per heavy atom. The molecule has 6 nitrogen and oxygen atoms in total. The highest BCUT2D eigenvalue weighted by Crippen LogP contribution is 2.28. The molecule has 0 aliphatic carbocycles. The summed E-state index contributed by atoms with van der Waals surface area (Å²) < 4.78 is 29.1. The van der Waals surface area contributed by atoms with Gasteiger partial charge < -0.3 is 15.4 Å². The molecule has 136 valence electrons. The first kappa shape index (κ1) is 19.1. The zero-order chi connectivity index (χ0) is 17.1. The van der Waals surface area contributed by atoms with E-state index in [1.54, 1.807) is 17.0 Å². The van der Waals surface area contributed by atoms with Gasteiger partial charge in [0.15, 0.2) is 0 Å². The van der Waals surface area contributed by atoms with Gasteiger partial charge in [0.05, 0.1) is 17.5 Å². The van der Waals surface area contributed by atoms with Gasteiger partial charge in [0, 0.05) is 18.7 Å². The molecule has 1 aliphatic rings. The third kappa shape index (κ3) is 4.26. The van der Waals surface area contributed by atoms with Gasteiger partial charge in [-0.2, -0.15) is 13.9 Å². The third-order valence-corrected chi connectivity index (χ3v) is 4.12. The fourth-order valence-electron chi connectivity index (χ4n) is 2.88. The monoisotopic (exact) mass is 372 g/mol. The number of benzene rings is 1. The lowest BCUT2D eigenvalue weighted by Gasteiger charge is -2.16. The van der Waals surface area contributed by atoms with Crippen LogP contribution in [0.4, 0.5) is 8.78 Å². The lowest BCUT2D eigenvalue weighted by atomic mass is 10.1. The highest BCUT2D eigenvalue weighted by atomic mass is 35.5. The smallest absolute Gasteiger partial charge is 0.387 e. The minimum absolute atomic E-state index is 0. The van der Waals surface area contributed by atoms with Crippen molar-refractivity contribution < 1.29 is 18.3 Å². The molecule has 1 aromatic heterocycles. The van der Waals surface area contributed by atoms with Crippen LogP contribution in [0, 0.1) is 5.92 Å². The van der Waals surface area contributed by atoms with Crippen molar-refractivity contribution in [1.82, 2.24) is 15.1 Å². The molecule has 1 amide bonds. The van der Waals surface area contributed by atoms with Gasteiger partial charge in [0.25, 0.3) is 5.91 Å². The van der Waals surface area contributed by atoms with E-state index in [4.69, 9.17) is 5.73 Å². The highest BCUT2D eigenvalue weighted by molar-refractivity contribution is 6.00. The first-order chi connectivity index (χ1) is 11.6. The number of nitrogens with one attached hydrogen (secondary N) is 1. The largest absolute Gasteiger partial charge is 0.435 e. The second-order valence-electron chi connectivity index (χ2n) is 5.71. The molecule has 0 bridgehead atoms. The third-order valence-electron chi connectivity index (χ3n) is 4.12. The van der Waals surface area contributed by atoms with E-state index in [0.29, 0.717) is 42.4 Å². The predicted molar refractivity (Wildman–Crippen MR) is 91.0 cm³/mol. The van der Waals surface area contributed by atoms with Crippen LogP contribution in [0.2, 0.25) is 0 Å². The van der Waals surface area contributed by atoms with Crippen LogP contribution in [0.25, 0.3) is 11.3 Å². The predicted octanol–water partition coefficient (Wildman–Crippen LogP) is 2.52. The van der Waals surface area contributed by atoms with Crippen molar-refractivity contribution in [3.8, 4) is 17.0 Å². The van der Waals surface area contributed by atoms with Gasteiger partial charge in [-0.1, -0.05) is 12.1 Å². The molecule has 0 saturated carbocycles. The van der Waals surface area contributed by atoms with Crippen LogP contribution in [-0.4, -0.2) is 47.3 Å². The summed E-state index contributed by atoms with van der Waals surface area (Å²) in [5.41, 5.74) is 7.11. The van der Waals surface area contributed by atoms with E-state index < -0.39 is 6.61 Å². The highest BCUT2D eigenvalue weighted by Gasteiger charge is 2.28. The summed E-state index contributed by atoms with van der Waals surface area (Å²) in [6, 6.07) is 6.17. The Morgan fingerprint density at radius 2 is 2.28 bits per heavy atom. The summed E-state index contributed by atoms with van der Waals surface area (Å²) in [4.78, 5) is 14.4. The lowest BCUT2D eigenvalue weighted by Crippen LogP contribution is -2.30. The Morgan fingerprint density at radius 1 is 1.48 bits per heavy atom. The SMILES string of the molecule is Cl.NCC1CCN(C(=O)c2cn[nH]c2-c2cccc(OC(F)F)c2)C1. The number of aromatic nitrogens is 2. The molecule has 0 radical (unpaired) electrons. The number of carbonyl (C=O) groups excluding carboxylic acids is 1. The number of alkyl halides is 2. The molecule has 1 saturated heterocycles. The summed E-state index contributed by atoms with van der Waals surface area (Å²) in [7, 11) is 0. The van der Waals surface area contributed by atoms with Crippen molar-refractivity contribution in [1.29, 1.82) is 0 Å². The fraction of sp³-hybridized carbons (Fsp3) is 0.375. The molecule has 1 fully saturated rings. The zero-order valence-electron chi connectivity index (χ0n) is 13.3. The Kier molecular flexibility index (Phi) is 6.33. The fourth-order valence-corrected chi connectivity index (χ4v) is 2.88. The van der Waals surface area contributed by atoms with Gasteiger partial charge in [-0.15, -0.1) is 12.4 Å². The van der Waals surface area contributed by atoms with Crippen LogP contribution < -0.4 is 10.5 Å². The average molecular weight is 373 g/mol.